The van der Waals surface area contributed by atoms with Crippen LogP contribution in [0.1, 0.15) is 31.4 Å². The first kappa shape index (κ1) is 28.2. The molecule has 2 atom stereocenters. The van der Waals surface area contributed by atoms with Crippen LogP contribution in [0.4, 0.5) is 0 Å². The predicted octanol–water partition coefficient (Wildman–Crippen LogP) is 6.80. The Kier molecular flexibility index (Phi) is 10.8. The topological polar surface area (TPSA) is 58.6 Å². The average Bonchev–Trinajstić information content (AvgIpc) is 2.86. The van der Waals surface area contributed by atoms with E-state index in [-0.39, 0.29) is 31.0 Å². The number of amides is 2. The summed E-state index contributed by atoms with van der Waals surface area (Å²) in [6.45, 7) is 4.00. The van der Waals surface area contributed by atoms with E-state index >= 15 is 0 Å². The molecule has 5 nitrogen and oxygen atoms in total. The van der Waals surface area contributed by atoms with Crippen LogP contribution >= 0.6 is 43.5 Å². The fourth-order valence-corrected chi connectivity index (χ4v) is 4.89. The molecule has 2 amide bonds. The number of carbonyl (C=O) groups excluding carboxylic acids is 2. The highest BCUT2D eigenvalue weighted by Gasteiger charge is 2.31. The Morgan fingerprint density at radius 2 is 1.72 bits per heavy atom. The summed E-state index contributed by atoms with van der Waals surface area (Å²) < 4.78 is 7.39. The highest BCUT2D eigenvalue weighted by Crippen LogP contribution is 2.28. The van der Waals surface area contributed by atoms with E-state index in [9.17, 15) is 9.59 Å². The molecule has 0 fully saturated rings. The van der Waals surface area contributed by atoms with Crippen LogP contribution in [0.25, 0.3) is 0 Å². The molecule has 0 unspecified atom stereocenters. The summed E-state index contributed by atoms with van der Waals surface area (Å²) >= 11 is 13.0. The van der Waals surface area contributed by atoms with Gasteiger partial charge in [0.05, 0.1) is 4.47 Å². The number of nitrogens with one attached hydrogen (secondary N) is 1. The van der Waals surface area contributed by atoms with E-state index in [1.807, 2.05) is 68.4 Å². The summed E-state index contributed by atoms with van der Waals surface area (Å²) in [6, 6.07) is 21.8. The van der Waals surface area contributed by atoms with E-state index in [0.717, 1.165) is 22.0 Å². The van der Waals surface area contributed by atoms with Crippen LogP contribution in [0.3, 0.4) is 0 Å². The van der Waals surface area contributed by atoms with Crippen LogP contribution < -0.4 is 10.1 Å². The van der Waals surface area contributed by atoms with E-state index in [1.54, 1.807) is 23.1 Å². The molecule has 0 saturated heterocycles. The van der Waals surface area contributed by atoms with Crippen LogP contribution in [-0.4, -0.2) is 35.4 Å². The minimum atomic E-state index is -0.717. The van der Waals surface area contributed by atoms with E-state index in [1.165, 1.54) is 0 Å². The zero-order valence-electron chi connectivity index (χ0n) is 20.2. The van der Waals surface area contributed by atoms with E-state index in [2.05, 4.69) is 37.2 Å². The largest absolute Gasteiger partial charge is 0.483 e. The first-order valence-corrected chi connectivity index (χ1v) is 13.7. The van der Waals surface area contributed by atoms with Gasteiger partial charge in [-0.25, -0.2) is 0 Å². The minimum Gasteiger partial charge on any atom is -0.483 e. The van der Waals surface area contributed by atoms with Crippen molar-refractivity contribution in [3.8, 4) is 5.75 Å². The number of hydrogen-bond donors (Lipinski definition) is 1. The first-order chi connectivity index (χ1) is 17.3. The quantitative estimate of drug-likeness (QED) is 0.252. The summed E-state index contributed by atoms with van der Waals surface area (Å²) in [5, 5.41) is 3.62. The van der Waals surface area contributed by atoms with Crippen molar-refractivity contribution in [2.45, 2.75) is 45.3 Å². The van der Waals surface area contributed by atoms with E-state index in [0.29, 0.717) is 21.7 Å². The maximum Gasteiger partial charge on any atom is 0.261 e. The van der Waals surface area contributed by atoms with Gasteiger partial charge in [-0.05, 0) is 70.7 Å². The third-order valence-corrected chi connectivity index (χ3v) is 7.11. The van der Waals surface area contributed by atoms with Crippen molar-refractivity contribution in [2.75, 3.05) is 6.61 Å². The summed E-state index contributed by atoms with van der Waals surface area (Å²) in [5.41, 5.74) is 1.87. The molecule has 3 rings (SSSR count). The molecule has 0 saturated carbocycles. The standard InChI is InChI=1S/C28H29Br2ClN2O3/c1-3-19(2)32-28(35)25(15-20-8-5-4-6-9-20)33(17-21-10-7-11-22(29)14-21)27(34)18-36-26-13-12-23(31)16-24(26)30/h4-14,16,19,25H,3,15,17-18H2,1-2H3,(H,32,35)/t19-,25+/m0/s1. The maximum absolute atomic E-state index is 13.6. The Balaban J connectivity index is 1.92. The molecular formula is C28H29Br2ClN2O3. The normalized spacial score (nSPS) is 12.5. The van der Waals surface area contributed by atoms with Crippen LogP contribution in [0.5, 0.6) is 5.75 Å². The Morgan fingerprint density at radius 1 is 1.00 bits per heavy atom. The number of ether oxygens (including phenoxy) is 1. The molecule has 0 heterocycles. The minimum absolute atomic E-state index is 0.0140. The second kappa shape index (κ2) is 13.8. The van der Waals surface area contributed by atoms with Gasteiger partial charge in [-0.2, -0.15) is 0 Å². The zero-order chi connectivity index (χ0) is 26.1. The van der Waals surface area contributed by atoms with Gasteiger partial charge in [-0.1, -0.05) is 76.9 Å². The highest BCUT2D eigenvalue weighted by molar-refractivity contribution is 9.10. The maximum atomic E-state index is 13.6. The van der Waals surface area contributed by atoms with Gasteiger partial charge in [-0.15, -0.1) is 0 Å². The first-order valence-electron chi connectivity index (χ1n) is 11.7. The molecule has 0 aliphatic carbocycles. The van der Waals surface area contributed by atoms with Crippen LogP contribution in [0, 0.1) is 0 Å². The zero-order valence-corrected chi connectivity index (χ0v) is 24.1. The molecule has 3 aromatic rings. The van der Waals surface area contributed by atoms with Gasteiger partial charge >= 0.3 is 0 Å². The van der Waals surface area contributed by atoms with Crippen LogP contribution in [0.2, 0.25) is 5.02 Å². The van der Waals surface area contributed by atoms with Crippen molar-refractivity contribution in [3.63, 3.8) is 0 Å². The Hall–Kier alpha value is -2.35. The number of benzene rings is 3. The van der Waals surface area contributed by atoms with Crippen molar-refractivity contribution >= 4 is 55.3 Å². The van der Waals surface area contributed by atoms with Gasteiger partial charge in [0.2, 0.25) is 5.91 Å². The lowest BCUT2D eigenvalue weighted by Gasteiger charge is -2.32. The smallest absolute Gasteiger partial charge is 0.261 e. The fourth-order valence-electron chi connectivity index (χ4n) is 3.64. The second-order valence-corrected chi connectivity index (χ2v) is 10.7. The van der Waals surface area contributed by atoms with Crippen LogP contribution in [-0.2, 0) is 22.6 Å². The molecule has 3 aromatic carbocycles. The van der Waals surface area contributed by atoms with Gasteiger partial charge < -0.3 is 15.0 Å². The molecule has 190 valence electrons. The fraction of sp³-hybridized carbons (Fsp3) is 0.286. The highest BCUT2D eigenvalue weighted by atomic mass is 79.9. The van der Waals surface area contributed by atoms with Gasteiger partial charge in [0, 0.05) is 28.5 Å². The Morgan fingerprint density at radius 3 is 2.39 bits per heavy atom. The number of nitrogens with zero attached hydrogens (tertiary/aromatic N) is 1. The lowest BCUT2D eigenvalue weighted by atomic mass is 10.0. The van der Waals surface area contributed by atoms with Crippen molar-refractivity contribution < 1.29 is 14.3 Å². The molecule has 0 radical (unpaired) electrons. The lowest BCUT2D eigenvalue weighted by Crippen LogP contribution is -2.53. The van der Waals surface area contributed by atoms with Crippen LogP contribution in [0.15, 0.2) is 81.7 Å². The van der Waals surface area contributed by atoms with Gasteiger partial charge in [0.25, 0.3) is 5.91 Å². The molecule has 36 heavy (non-hydrogen) atoms. The molecule has 0 aromatic heterocycles. The molecule has 8 heteroatoms. The monoisotopic (exact) mass is 634 g/mol. The third kappa shape index (κ3) is 8.36. The molecule has 0 spiro atoms. The predicted molar refractivity (Wildman–Crippen MR) is 151 cm³/mol. The number of halogens is 3. The summed E-state index contributed by atoms with van der Waals surface area (Å²) in [5.74, 6) is 0.0140. The van der Waals surface area contributed by atoms with Gasteiger partial charge in [0.15, 0.2) is 6.61 Å². The lowest BCUT2D eigenvalue weighted by molar-refractivity contribution is -0.143. The molecule has 1 N–H and O–H groups in total. The third-order valence-electron chi connectivity index (χ3n) is 5.76. The van der Waals surface area contributed by atoms with Crippen molar-refractivity contribution in [2.24, 2.45) is 0 Å². The SMILES string of the molecule is CC[C@H](C)NC(=O)[C@@H](Cc1ccccc1)N(Cc1cccc(Br)c1)C(=O)COc1ccc(Cl)cc1Br. The molecule has 0 aliphatic rings. The molecule has 0 aliphatic heterocycles. The number of hydrogen-bond acceptors (Lipinski definition) is 3. The van der Waals surface area contributed by atoms with Crippen molar-refractivity contribution in [3.05, 3.63) is 97.9 Å². The van der Waals surface area contributed by atoms with E-state index in [4.69, 9.17) is 16.3 Å². The Bertz CT molecular complexity index is 1180. The number of carbonyl (C=O) groups is 2. The Labute approximate surface area is 234 Å². The second-order valence-electron chi connectivity index (χ2n) is 8.54. The summed E-state index contributed by atoms with van der Waals surface area (Å²) in [7, 11) is 0. The summed E-state index contributed by atoms with van der Waals surface area (Å²) in [4.78, 5) is 28.8. The van der Waals surface area contributed by atoms with Crippen molar-refractivity contribution in [1.82, 2.24) is 10.2 Å². The molecule has 0 bridgehead atoms. The molecular weight excluding hydrogens is 608 g/mol. The van der Waals surface area contributed by atoms with Gasteiger partial charge in [0.1, 0.15) is 11.8 Å². The summed E-state index contributed by atoms with van der Waals surface area (Å²) in [6.07, 6.45) is 1.17. The van der Waals surface area contributed by atoms with Gasteiger partial charge in [-0.3, -0.25) is 9.59 Å². The van der Waals surface area contributed by atoms with Crippen molar-refractivity contribution in [1.29, 1.82) is 0 Å². The van der Waals surface area contributed by atoms with E-state index < -0.39 is 6.04 Å². The average molecular weight is 637 g/mol. The number of rotatable bonds is 11.